The molecule has 0 aliphatic heterocycles. The molecule has 8 nitrogen and oxygen atoms in total. The van der Waals surface area contributed by atoms with E-state index in [1.807, 2.05) is 10.9 Å². The van der Waals surface area contributed by atoms with E-state index in [9.17, 15) is 9.90 Å². The molecule has 126 valence electrons. The summed E-state index contributed by atoms with van der Waals surface area (Å²) in [4.78, 5) is 23.8. The smallest absolute Gasteiger partial charge is 0.355 e. The lowest BCUT2D eigenvalue weighted by molar-refractivity contribution is 0.0691. The molecule has 25 heavy (non-hydrogen) atoms. The van der Waals surface area contributed by atoms with Crippen molar-refractivity contribution in [2.45, 2.75) is 18.9 Å². The number of aromatic nitrogens is 5. The molecule has 0 radical (unpaired) electrons. The summed E-state index contributed by atoms with van der Waals surface area (Å²) in [7, 11) is 0. The molecule has 0 unspecified atom stereocenters. The van der Waals surface area contributed by atoms with Crippen LogP contribution in [0, 0.1) is 0 Å². The zero-order valence-electron chi connectivity index (χ0n) is 12.9. The van der Waals surface area contributed by atoms with Gasteiger partial charge in [0.2, 0.25) is 5.95 Å². The van der Waals surface area contributed by atoms with Gasteiger partial charge in [0, 0.05) is 18.0 Å². The molecule has 4 rings (SSSR count). The van der Waals surface area contributed by atoms with E-state index in [4.69, 9.17) is 11.6 Å². The molecule has 0 amide bonds. The van der Waals surface area contributed by atoms with Gasteiger partial charge in [-0.2, -0.15) is 5.10 Å². The molecule has 3 heterocycles. The lowest BCUT2D eigenvalue weighted by atomic mass is 10.1. The van der Waals surface area contributed by atoms with Crippen molar-refractivity contribution in [1.82, 2.24) is 24.7 Å². The molecule has 1 aliphatic carbocycles. The highest BCUT2D eigenvalue weighted by atomic mass is 35.5. The van der Waals surface area contributed by atoms with E-state index >= 15 is 0 Å². The van der Waals surface area contributed by atoms with E-state index in [1.165, 1.54) is 12.4 Å². The number of carbonyl (C=O) groups is 1. The van der Waals surface area contributed by atoms with Gasteiger partial charge >= 0.3 is 5.97 Å². The first-order valence-electron chi connectivity index (χ1n) is 7.64. The largest absolute Gasteiger partial charge is 0.476 e. The first-order chi connectivity index (χ1) is 12.1. The molecule has 0 aromatic carbocycles. The van der Waals surface area contributed by atoms with Crippen molar-refractivity contribution in [3.63, 3.8) is 0 Å². The number of pyridine rings is 1. The van der Waals surface area contributed by atoms with Gasteiger partial charge in [0.1, 0.15) is 0 Å². The average Bonchev–Trinajstić information content (AvgIpc) is 3.36. The van der Waals surface area contributed by atoms with Crippen molar-refractivity contribution in [3.05, 3.63) is 47.6 Å². The predicted octanol–water partition coefficient (Wildman–Crippen LogP) is 3.17. The van der Waals surface area contributed by atoms with Crippen molar-refractivity contribution in [2.75, 3.05) is 5.32 Å². The second-order valence-corrected chi connectivity index (χ2v) is 6.07. The molecule has 1 fully saturated rings. The number of rotatable bonds is 5. The second kappa shape index (κ2) is 6.14. The van der Waals surface area contributed by atoms with E-state index in [2.05, 4.69) is 25.4 Å². The first kappa shape index (κ1) is 15.5. The van der Waals surface area contributed by atoms with Crippen LogP contribution in [0.25, 0.3) is 11.3 Å². The highest BCUT2D eigenvalue weighted by molar-refractivity contribution is 6.33. The zero-order chi connectivity index (χ0) is 17.4. The van der Waals surface area contributed by atoms with Gasteiger partial charge in [-0.05, 0) is 25.0 Å². The molecule has 0 bridgehead atoms. The van der Waals surface area contributed by atoms with Crippen LogP contribution in [0.4, 0.5) is 11.6 Å². The summed E-state index contributed by atoms with van der Waals surface area (Å²) < 4.78 is 1.91. The van der Waals surface area contributed by atoms with E-state index in [1.54, 1.807) is 18.3 Å². The minimum Gasteiger partial charge on any atom is -0.476 e. The highest BCUT2D eigenvalue weighted by Crippen LogP contribution is 2.35. The number of carboxylic acid groups (broad SMARTS) is 1. The highest BCUT2D eigenvalue weighted by Gasteiger charge is 2.24. The standard InChI is InChI=1S/C16H13ClN6O2/c17-12-7-19-16(21-9-6-20-23(8-9)10-3-4-10)22-13(12)11-2-1-5-18-14(11)15(24)25/h1-2,5-8,10H,3-4H2,(H,24,25)(H,19,21,22). The quantitative estimate of drug-likeness (QED) is 0.723. The molecule has 0 saturated heterocycles. The first-order valence-corrected chi connectivity index (χ1v) is 8.02. The molecular weight excluding hydrogens is 344 g/mol. The van der Waals surface area contributed by atoms with Crippen molar-refractivity contribution in [1.29, 1.82) is 0 Å². The Morgan fingerprint density at radius 3 is 2.92 bits per heavy atom. The Kier molecular flexibility index (Phi) is 3.81. The fourth-order valence-corrected chi connectivity index (χ4v) is 2.65. The number of anilines is 2. The minimum absolute atomic E-state index is 0.115. The molecule has 2 N–H and O–H groups in total. The Bertz CT molecular complexity index is 953. The fourth-order valence-electron chi connectivity index (χ4n) is 2.45. The van der Waals surface area contributed by atoms with Gasteiger partial charge in [-0.3, -0.25) is 4.68 Å². The molecule has 3 aromatic rings. The topological polar surface area (TPSA) is 106 Å². The molecule has 9 heteroatoms. The number of nitrogens with zero attached hydrogens (tertiary/aromatic N) is 5. The number of aromatic carboxylic acids is 1. The van der Waals surface area contributed by atoms with Gasteiger partial charge in [-0.25, -0.2) is 19.7 Å². The lowest BCUT2D eigenvalue weighted by Crippen LogP contribution is -2.05. The predicted molar refractivity (Wildman–Crippen MR) is 91.0 cm³/mol. The summed E-state index contributed by atoms with van der Waals surface area (Å²) in [5.41, 5.74) is 1.28. The zero-order valence-corrected chi connectivity index (χ0v) is 13.7. The second-order valence-electron chi connectivity index (χ2n) is 5.66. The van der Waals surface area contributed by atoms with Gasteiger partial charge < -0.3 is 10.4 Å². The molecule has 1 aliphatic rings. The third-order valence-electron chi connectivity index (χ3n) is 3.79. The summed E-state index contributed by atoms with van der Waals surface area (Å²) in [6.07, 6.45) is 8.71. The van der Waals surface area contributed by atoms with Gasteiger partial charge in [-0.15, -0.1) is 0 Å². The normalized spacial score (nSPS) is 13.6. The van der Waals surface area contributed by atoms with Crippen LogP contribution < -0.4 is 5.32 Å². The third-order valence-corrected chi connectivity index (χ3v) is 4.06. The van der Waals surface area contributed by atoms with Crippen LogP contribution in [0.1, 0.15) is 29.4 Å². The average molecular weight is 357 g/mol. The maximum atomic E-state index is 11.4. The number of hydrogen-bond donors (Lipinski definition) is 2. The molecule has 3 aromatic heterocycles. The van der Waals surface area contributed by atoms with Crippen LogP contribution in [0.15, 0.2) is 36.9 Å². The Labute approximate surface area is 147 Å². The van der Waals surface area contributed by atoms with Crippen LogP contribution in [-0.4, -0.2) is 35.8 Å². The maximum absolute atomic E-state index is 11.4. The van der Waals surface area contributed by atoms with Crippen LogP contribution in [0.5, 0.6) is 0 Å². The number of hydrogen-bond acceptors (Lipinski definition) is 6. The van der Waals surface area contributed by atoms with Gasteiger partial charge in [0.15, 0.2) is 5.69 Å². The number of carboxylic acids is 1. The summed E-state index contributed by atoms with van der Waals surface area (Å²) >= 11 is 6.17. The van der Waals surface area contributed by atoms with Gasteiger partial charge in [0.25, 0.3) is 0 Å². The molecular formula is C16H13ClN6O2. The Balaban J connectivity index is 1.67. The van der Waals surface area contributed by atoms with Crippen molar-refractivity contribution < 1.29 is 9.90 Å². The van der Waals surface area contributed by atoms with Crippen LogP contribution in [0.2, 0.25) is 5.02 Å². The SMILES string of the molecule is O=C(O)c1ncccc1-c1nc(Nc2cnn(C3CC3)c2)ncc1Cl. The molecule has 0 atom stereocenters. The Hall–Kier alpha value is -3.00. The summed E-state index contributed by atoms with van der Waals surface area (Å²) in [5, 5.41) is 16.9. The molecule has 1 saturated carbocycles. The fraction of sp³-hybridized carbons (Fsp3) is 0.188. The van der Waals surface area contributed by atoms with E-state index < -0.39 is 5.97 Å². The van der Waals surface area contributed by atoms with Gasteiger partial charge in [-0.1, -0.05) is 11.6 Å². The Morgan fingerprint density at radius 2 is 2.16 bits per heavy atom. The van der Waals surface area contributed by atoms with E-state index in [0.717, 1.165) is 18.5 Å². The lowest BCUT2D eigenvalue weighted by Gasteiger charge is -2.08. The maximum Gasteiger partial charge on any atom is 0.355 e. The summed E-state index contributed by atoms with van der Waals surface area (Å²) in [6, 6.07) is 3.72. The third kappa shape index (κ3) is 3.16. The van der Waals surface area contributed by atoms with E-state index in [-0.39, 0.29) is 10.7 Å². The minimum atomic E-state index is -1.15. The summed E-state index contributed by atoms with van der Waals surface area (Å²) in [6.45, 7) is 0. The van der Waals surface area contributed by atoms with Gasteiger partial charge in [0.05, 0.1) is 34.8 Å². The van der Waals surface area contributed by atoms with Crippen LogP contribution in [0.3, 0.4) is 0 Å². The monoisotopic (exact) mass is 356 g/mol. The van der Waals surface area contributed by atoms with Crippen LogP contribution >= 0.6 is 11.6 Å². The molecule has 0 spiro atoms. The number of nitrogens with one attached hydrogen (secondary N) is 1. The van der Waals surface area contributed by atoms with Crippen LogP contribution in [-0.2, 0) is 0 Å². The summed E-state index contributed by atoms with van der Waals surface area (Å²) in [5.74, 6) is -0.847. The van der Waals surface area contributed by atoms with Crippen molar-refractivity contribution in [2.24, 2.45) is 0 Å². The van der Waals surface area contributed by atoms with Crippen molar-refractivity contribution in [3.8, 4) is 11.3 Å². The van der Waals surface area contributed by atoms with Crippen molar-refractivity contribution >= 4 is 29.2 Å². The van der Waals surface area contributed by atoms with E-state index in [0.29, 0.717) is 23.2 Å². The Morgan fingerprint density at radius 1 is 1.32 bits per heavy atom. The number of halogens is 1.